The normalized spacial score (nSPS) is 10.5. The first-order valence-electron chi connectivity index (χ1n) is 8.45. The van der Waals surface area contributed by atoms with Crippen LogP contribution in [-0.4, -0.2) is 33.8 Å². The highest BCUT2D eigenvalue weighted by molar-refractivity contribution is 14.0. The smallest absolute Gasteiger partial charge is 0.191 e. The van der Waals surface area contributed by atoms with Crippen LogP contribution < -0.4 is 20.1 Å². The van der Waals surface area contributed by atoms with Crippen LogP contribution in [0, 0.1) is 17.1 Å². The topological polar surface area (TPSA) is 78.7 Å². The molecule has 0 aliphatic heterocycles. The van der Waals surface area contributed by atoms with Crippen molar-refractivity contribution in [2.45, 2.75) is 13.0 Å². The predicted octanol–water partition coefficient (Wildman–Crippen LogP) is 3.24. The Balaban J connectivity index is 0.00000392. The van der Waals surface area contributed by atoms with E-state index >= 15 is 0 Å². The van der Waals surface area contributed by atoms with Crippen molar-refractivity contribution >= 4 is 29.9 Å². The number of guanidine groups is 1. The molecule has 6 nitrogen and oxygen atoms in total. The number of nitrogens with zero attached hydrogens (tertiary/aromatic N) is 2. The molecule has 0 spiro atoms. The minimum atomic E-state index is -0.415. The summed E-state index contributed by atoms with van der Waals surface area (Å²) in [7, 11) is 4.86. The van der Waals surface area contributed by atoms with Crippen LogP contribution in [0.15, 0.2) is 41.4 Å². The highest BCUT2D eigenvalue weighted by atomic mass is 127. The van der Waals surface area contributed by atoms with E-state index in [1.54, 1.807) is 33.4 Å². The third kappa shape index (κ3) is 6.56. The summed E-state index contributed by atoms with van der Waals surface area (Å²) >= 11 is 0. The van der Waals surface area contributed by atoms with Crippen molar-refractivity contribution in [3.63, 3.8) is 0 Å². The van der Waals surface area contributed by atoms with Crippen LogP contribution in [0.2, 0.25) is 0 Å². The van der Waals surface area contributed by atoms with Crippen molar-refractivity contribution in [2.75, 3.05) is 27.8 Å². The molecule has 2 rings (SSSR count). The Labute approximate surface area is 181 Å². The van der Waals surface area contributed by atoms with Crippen LogP contribution in [0.4, 0.5) is 4.39 Å². The van der Waals surface area contributed by atoms with E-state index in [9.17, 15) is 4.39 Å². The van der Waals surface area contributed by atoms with Gasteiger partial charge in [-0.15, -0.1) is 24.0 Å². The SMILES string of the molecule is CN=C(NCCc1ccc(OC)c(OC)c1)NCc1ccc(C#N)cc1F.I. The number of aliphatic imine (C=N–C) groups is 1. The fourth-order valence-corrected chi connectivity index (χ4v) is 2.52. The molecule has 2 N–H and O–H groups in total. The summed E-state index contributed by atoms with van der Waals surface area (Å²) in [6, 6.07) is 12.1. The Morgan fingerprint density at radius 3 is 2.46 bits per heavy atom. The molecule has 0 atom stereocenters. The Bertz CT molecular complexity index is 853. The van der Waals surface area contributed by atoms with E-state index in [4.69, 9.17) is 14.7 Å². The molecule has 0 saturated carbocycles. The summed E-state index contributed by atoms with van der Waals surface area (Å²) < 4.78 is 24.5. The van der Waals surface area contributed by atoms with E-state index in [0.717, 1.165) is 12.0 Å². The van der Waals surface area contributed by atoms with Gasteiger partial charge >= 0.3 is 0 Å². The molecule has 0 saturated heterocycles. The predicted molar refractivity (Wildman–Crippen MR) is 118 cm³/mol. The van der Waals surface area contributed by atoms with Crippen molar-refractivity contribution < 1.29 is 13.9 Å². The number of nitriles is 1. The molecule has 0 bridgehead atoms. The third-order valence-corrected chi connectivity index (χ3v) is 4.01. The number of nitrogens with one attached hydrogen (secondary N) is 2. The molecule has 28 heavy (non-hydrogen) atoms. The van der Waals surface area contributed by atoms with Gasteiger partial charge in [0.2, 0.25) is 0 Å². The van der Waals surface area contributed by atoms with E-state index in [0.29, 0.717) is 35.1 Å². The maximum absolute atomic E-state index is 13.9. The van der Waals surface area contributed by atoms with Crippen LogP contribution in [0.5, 0.6) is 11.5 Å². The fraction of sp³-hybridized carbons (Fsp3) is 0.300. The molecule has 0 aliphatic carbocycles. The number of methoxy groups -OCH3 is 2. The van der Waals surface area contributed by atoms with Gasteiger partial charge in [0, 0.05) is 25.7 Å². The first-order chi connectivity index (χ1) is 13.1. The van der Waals surface area contributed by atoms with Gasteiger partial charge in [0.1, 0.15) is 5.82 Å². The van der Waals surface area contributed by atoms with Gasteiger partial charge in [-0.1, -0.05) is 12.1 Å². The third-order valence-electron chi connectivity index (χ3n) is 4.01. The van der Waals surface area contributed by atoms with Gasteiger partial charge in [0.25, 0.3) is 0 Å². The lowest BCUT2D eigenvalue weighted by molar-refractivity contribution is 0.354. The zero-order chi connectivity index (χ0) is 19.6. The lowest BCUT2D eigenvalue weighted by Crippen LogP contribution is -2.38. The minimum absolute atomic E-state index is 0. The quantitative estimate of drug-likeness (QED) is 0.348. The lowest BCUT2D eigenvalue weighted by atomic mass is 10.1. The van der Waals surface area contributed by atoms with Crippen molar-refractivity contribution in [3.8, 4) is 17.6 Å². The number of halogens is 2. The second-order valence-corrected chi connectivity index (χ2v) is 5.71. The number of ether oxygens (including phenoxy) is 2. The first-order valence-corrected chi connectivity index (χ1v) is 8.45. The Kier molecular flexibility index (Phi) is 10.1. The molecule has 8 heteroatoms. The van der Waals surface area contributed by atoms with E-state index in [1.165, 1.54) is 6.07 Å². The van der Waals surface area contributed by atoms with Crippen LogP contribution >= 0.6 is 24.0 Å². The van der Waals surface area contributed by atoms with Crippen LogP contribution in [-0.2, 0) is 13.0 Å². The molecular formula is C20H24FIN4O2. The van der Waals surface area contributed by atoms with E-state index < -0.39 is 5.82 Å². The number of rotatable bonds is 7. The van der Waals surface area contributed by atoms with Gasteiger partial charge in [-0.2, -0.15) is 5.26 Å². The highest BCUT2D eigenvalue weighted by Crippen LogP contribution is 2.27. The van der Waals surface area contributed by atoms with Gasteiger partial charge in [0.05, 0.1) is 25.9 Å². The molecule has 0 heterocycles. The standard InChI is InChI=1S/C20H23FN4O2.HI/c1-23-20(25-13-16-6-4-15(12-22)10-17(16)21)24-9-8-14-5-7-18(26-2)19(11-14)27-3;/h4-7,10-11H,8-9,13H2,1-3H3,(H2,23,24,25);1H. The van der Waals surface area contributed by atoms with Crippen LogP contribution in [0.3, 0.4) is 0 Å². The Morgan fingerprint density at radius 1 is 1.11 bits per heavy atom. The zero-order valence-electron chi connectivity index (χ0n) is 16.1. The maximum atomic E-state index is 13.9. The van der Waals surface area contributed by atoms with Gasteiger partial charge in [-0.05, 0) is 36.2 Å². The summed E-state index contributed by atoms with van der Waals surface area (Å²) in [6.45, 7) is 0.915. The molecule has 0 amide bonds. The second-order valence-electron chi connectivity index (χ2n) is 5.71. The van der Waals surface area contributed by atoms with Crippen molar-refractivity contribution in [3.05, 3.63) is 58.9 Å². The molecule has 150 valence electrons. The summed E-state index contributed by atoms with van der Waals surface area (Å²) in [5.41, 5.74) is 1.86. The summed E-state index contributed by atoms with van der Waals surface area (Å²) in [4.78, 5) is 4.13. The van der Waals surface area contributed by atoms with Crippen LogP contribution in [0.25, 0.3) is 0 Å². The van der Waals surface area contributed by atoms with Gasteiger partial charge < -0.3 is 20.1 Å². The molecule has 0 fully saturated rings. The molecular weight excluding hydrogens is 474 g/mol. The molecule has 2 aromatic carbocycles. The van der Waals surface area contributed by atoms with E-state index in [1.807, 2.05) is 24.3 Å². The lowest BCUT2D eigenvalue weighted by Gasteiger charge is -2.13. The fourth-order valence-electron chi connectivity index (χ4n) is 2.52. The average Bonchev–Trinajstić information content (AvgIpc) is 2.70. The van der Waals surface area contributed by atoms with Gasteiger partial charge in [-0.3, -0.25) is 4.99 Å². The van der Waals surface area contributed by atoms with E-state index in [-0.39, 0.29) is 30.5 Å². The molecule has 0 radical (unpaired) electrons. The molecule has 0 unspecified atom stereocenters. The van der Waals surface area contributed by atoms with Crippen molar-refractivity contribution in [2.24, 2.45) is 4.99 Å². The summed E-state index contributed by atoms with van der Waals surface area (Å²) in [5, 5.41) is 15.0. The van der Waals surface area contributed by atoms with Gasteiger partial charge in [-0.25, -0.2) is 4.39 Å². The monoisotopic (exact) mass is 498 g/mol. The number of benzene rings is 2. The average molecular weight is 498 g/mol. The first kappa shape index (κ1) is 23.5. The van der Waals surface area contributed by atoms with E-state index in [2.05, 4.69) is 15.6 Å². The Hall–Kier alpha value is -2.54. The van der Waals surface area contributed by atoms with Crippen molar-refractivity contribution in [1.29, 1.82) is 5.26 Å². The maximum Gasteiger partial charge on any atom is 0.191 e. The molecule has 0 aliphatic rings. The zero-order valence-corrected chi connectivity index (χ0v) is 18.4. The number of hydrogen-bond acceptors (Lipinski definition) is 4. The second kappa shape index (κ2) is 12.0. The largest absolute Gasteiger partial charge is 0.493 e. The van der Waals surface area contributed by atoms with Gasteiger partial charge in [0.15, 0.2) is 17.5 Å². The number of hydrogen-bond donors (Lipinski definition) is 2. The van der Waals surface area contributed by atoms with Crippen molar-refractivity contribution in [1.82, 2.24) is 10.6 Å². The summed E-state index contributed by atoms with van der Waals surface area (Å²) in [5.74, 6) is 1.53. The summed E-state index contributed by atoms with van der Waals surface area (Å²) in [6.07, 6.45) is 0.756. The van der Waals surface area contributed by atoms with Crippen LogP contribution in [0.1, 0.15) is 16.7 Å². The minimum Gasteiger partial charge on any atom is -0.493 e. The Morgan fingerprint density at radius 2 is 1.86 bits per heavy atom. The molecule has 0 aromatic heterocycles. The highest BCUT2D eigenvalue weighted by Gasteiger charge is 2.06. The molecule has 2 aromatic rings.